The summed E-state index contributed by atoms with van der Waals surface area (Å²) in [4.78, 5) is 43.2. The van der Waals surface area contributed by atoms with Gasteiger partial charge in [0.15, 0.2) is 0 Å². The molecule has 34 heavy (non-hydrogen) atoms. The summed E-state index contributed by atoms with van der Waals surface area (Å²) in [7, 11) is 0. The number of nitrogens with one attached hydrogen (secondary N) is 1. The van der Waals surface area contributed by atoms with E-state index in [2.05, 4.69) is 12.2 Å². The van der Waals surface area contributed by atoms with E-state index in [0.717, 1.165) is 37.7 Å². The number of unbranched alkanes of at least 4 members (excludes halogenated alkanes) is 2. The van der Waals surface area contributed by atoms with Crippen molar-refractivity contribution in [2.75, 3.05) is 26.2 Å². The van der Waals surface area contributed by atoms with Gasteiger partial charge in [0.25, 0.3) is 0 Å². The van der Waals surface area contributed by atoms with Crippen LogP contribution < -0.4 is 5.32 Å². The lowest BCUT2D eigenvalue weighted by Crippen LogP contribution is -2.53. The first-order valence-electron chi connectivity index (χ1n) is 13.0. The third-order valence-electron chi connectivity index (χ3n) is 6.83. The van der Waals surface area contributed by atoms with Gasteiger partial charge in [-0.1, -0.05) is 56.5 Å². The molecule has 7 heteroatoms. The van der Waals surface area contributed by atoms with Gasteiger partial charge in [0.2, 0.25) is 17.7 Å². The summed E-state index contributed by atoms with van der Waals surface area (Å²) < 4.78 is 0. The van der Waals surface area contributed by atoms with Crippen molar-refractivity contribution in [3.05, 3.63) is 35.9 Å². The Morgan fingerprint density at radius 2 is 1.82 bits per heavy atom. The van der Waals surface area contributed by atoms with Crippen molar-refractivity contribution in [1.82, 2.24) is 15.1 Å². The van der Waals surface area contributed by atoms with Gasteiger partial charge in [0.1, 0.15) is 6.04 Å². The molecule has 1 aliphatic heterocycles. The highest BCUT2D eigenvalue weighted by molar-refractivity contribution is 5.91. The van der Waals surface area contributed by atoms with Crippen molar-refractivity contribution in [1.29, 1.82) is 0 Å². The van der Waals surface area contributed by atoms with Crippen LogP contribution in [0.4, 0.5) is 0 Å². The Bertz CT molecular complexity index is 766. The Kier molecular flexibility index (Phi) is 12.1. The number of aliphatic hydroxyl groups is 1. The van der Waals surface area contributed by atoms with E-state index in [4.69, 9.17) is 0 Å². The van der Waals surface area contributed by atoms with E-state index < -0.39 is 12.0 Å². The molecule has 0 aromatic heterocycles. The molecule has 1 aromatic rings. The van der Waals surface area contributed by atoms with Crippen molar-refractivity contribution in [2.24, 2.45) is 5.92 Å². The molecule has 0 saturated carbocycles. The van der Waals surface area contributed by atoms with Crippen LogP contribution in [0.25, 0.3) is 0 Å². The van der Waals surface area contributed by atoms with Crippen LogP contribution in [0.3, 0.4) is 0 Å². The van der Waals surface area contributed by atoms with Crippen molar-refractivity contribution < 1.29 is 19.5 Å². The number of amides is 3. The SMILES string of the molecule is CCCCC[C@H](CC(=O)N(CC)CC)C(=O)N[C@@H](Cc1ccccc1)C(=O)N1CCC[C@H]1CO. The highest BCUT2D eigenvalue weighted by Gasteiger charge is 2.35. The molecule has 0 unspecified atom stereocenters. The van der Waals surface area contributed by atoms with Gasteiger partial charge in [-0.2, -0.15) is 0 Å². The lowest BCUT2D eigenvalue weighted by Gasteiger charge is -2.30. The summed E-state index contributed by atoms with van der Waals surface area (Å²) in [6.45, 7) is 7.74. The van der Waals surface area contributed by atoms with Crippen molar-refractivity contribution in [2.45, 2.75) is 84.2 Å². The monoisotopic (exact) mass is 473 g/mol. The van der Waals surface area contributed by atoms with E-state index in [1.54, 1.807) is 9.80 Å². The molecule has 2 N–H and O–H groups in total. The summed E-state index contributed by atoms with van der Waals surface area (Å²) in [5.74, 6) is -0.868. The van der Waals surface area contributed by atoms with Gasteiger partial charge >= 0.3 is 0 Å². The van der Waals surface area contributed by atoms with Gasteiger partial charge in [-0.05, 0) is 38.7 Å². The van der Waals surface area contributed by atoms with Crippen LogP contribution >= 0.6 is 0 Å². The van der Waals surface area contributed by atoms with Gasteiger partial charge in [0, 0.05) is 38.4 Å². The normalized spacial score (nSPS) is 17.3. The minimum Gasteiger partial charge on any atom is -0.394 e. The fourth-order valence-corrected chi connectivity index (χ4v) is 4.74. The summed E-state index contributed by atoms with van der Waals surface area (Å²) in [6.07, 6.45) is 5.69. The predicted octanol–water partition coefficient (Wildman–Crippen LogP) is 3.15. The largest absolute Gasteiger partial charge is 0.394 e. The van der Waals surface area contributed by atoms with Gasteiger partial charge in [-0.15, -0.1) is 0 Å². The molecule has 1 fully saturated rings. The summed E-state index contributed by atoms with van der Waals surface area (Å²) in [5.41, 5.74) is 0.961. The average Bonchev–Trinajstić information content (AvgIpc) is 3.33. The maximum Gasteiger partial charge on any atom is 0.245 e. The van der Waals surface area contributed by atoms with Crippen LogP contribution in [0.5, 0.6) is 0 Å². The number of hydrogen-bond acceptors (Lipinski definition) is 4. The second-order valence-electron chi connectivity index (χ2n) is 9.22. The van der Waals surface area contributed by atoms with E-state index >= 15 is 0 Å². The Hall–Kier alpha value is -2.41. The Balaban J connectivity index is 2.20. The smallest absolute Gasteiger partial charge is 0.245 e. The van der Waals surface area contributed by atoms with Crippen LogP contribution in [0, 0.1) is 5.92 Å². The van der Waals surface area contributed by atoms with E-state index in [1.807, 2.05) is 44.2 Å². The zero-order valence-corrected chi connectivity index (χ0v) is 21.2. The van der Waals surface area contributed by atoms with E-state index in [0.29, 0.717) is 32.5 Å². The first-order valence-corrected chi connectivity index (χ1v) is 13.0. The second-order valence-corrected chi connectivity index (χ2v) is 9.22. The molecule has 1 aliphatic rings. The molecule has 1 saturated heterocycles. The second kappa shape index (κ2) is 14.8. The summed E-state index contributed by atoms with van der Waals surface area (Å²) in [5, 5.41) is 12.7. The van der Waals surface area contributed by atoms with Gasteiger partial charge < -0.3 is 20.2 Å². The van der Waals surface area contributed by atoms with Crippen molar-refractivity contribution in [3.63, 3.8) is 0 Å². The average molecular weight is 474 g/mol. The molecular formula is C27H43N3O4. The van der Waals surface area contributed by atoms with Gasteiger partial charge in [0.05, 0.1) is 12.6 Å². The van der Waals surface area contributed by atoms with Crippen LogP contribution in [-0.4, -0.2) is 71.0 Å². The third kappa shape index (κ3) is 8.12. The third-order valence-corrected chi connectivity index (χ3v) is 6.83. The number of aliphatic hydroxyl groups excluding tert-OH is 1. The number of carbonyl (C=O) groups is 3. The predicted molar refractivity (Wildman–Crippen MR) is 134 cm³/mol. The Labute approximate surface area is 204 Å². The quantitative estimate of drug-likeness (QED) is 0.406. The van der Waals surface area contributed by atoms with Crippen LogP contribution in [0.1, 0.15) is 71.3 Å². The first-order chi connectivity index (χ1) is 16.4. The lowest BCUT2D eigenvalue weighted by atomic mass is 9.95. The molecule has 2 rings (SSSR count). The molecular weight excluding hydrogens is 430 g/mol. The highest BCUT2D eigenvalue weighted by atomic mass is 16.3. The van der Waals surface area contributed by atoms with E-state index in [1.165, 1.54) is 0 Å². The lowest BCUT2D eigenvalue weighted by molar-refractivity contribution is -0.140. The van der Waals surface area contributed by atoms with Crippen molar-refractivity contribution in [3.8, 4) is 0 Å². The topological polar surface area (TPSA) is 90.0 Å². The molecule has 0 bridgehead atoms. The maximum atomic E-state index is 13.5. The van der Waals surface area contributed by atoms with Crippen LogP contribution in [-0.2, 0) is 20.8 Å². The summed E-state index contributed by atoms with van der Waals surface area (Å²) >= 11 is 0. The standard InChI is InChI=1S/C27H43N3O4/c1-4-7-9-15-22(19-25(32)29(5-2)6-3)26(33)28-24(18-21-13-10-8-11-14-21)27(34)30-17-12-16-23(30)20-31/h8,10-11,13-14,22-24,31H,4-7,9,12,15-20H2,1-3H3,(H,28,33)/t22-,23+,24+/m1/s1. The molecule has 0 radical (unpaired) electrons. The molecule has 0 spiro atoms. The molecule has 1 heterocycles. The number of likely N-dealkylation sites (tertiary alicyclic amines) is 1. The number of rotatable bonds is 14. The van der Waals surface area contributed by atoms with Gasteiger partial charge in [-0.25, -0.2) is 0 Å². The number of hydrogen-bond donors (Lipinski definition) is 2. The minimum absolute atomic E-state index is 0.0209. The summed E-state index contributed by atoms with van der Waals surface area (Å²) in [6, 6.07) is 8.73. The first kappa shape index (κ1) is 27.8. The minimum atomic E-state index is -0.723. The van der Waals surface area contributed by atoms with Crippen LogP contribution in [0.2, 0.25) is 0 Å². The molecule has 3 atom stereocenters. The van der Waals surface area contributed by atoms with Gasteiger partial charge in [-0.3, -0.25) is 14.4 Å². The maximum absolute atomic E-state index is 13.5. The molecule has 190 valence electrons. The zero-order valence-electron chi connectivity index (χ0n) is 21.2. The highest BCUT2D eigenvalue weighted by Crippen LogP contribution is 2.21. The molecule has 0 aliphatic carbocycles. The fourth-order valence-electron chi connectivity index (χ4n) is 4.74. The number of benzene rings is 1. The molecule has 7 nitrogen and oxygen atoms in total. The van der Waals surface area contributed by atoms with E-state index in [-0.39, 0.29) is 36.8 Å². The van der Waals surface area contributed by atoms with Crippen molar-refractivity contribution >= 4 is 17.7 Å². The van der Waals surface area contributed by atoms with E-state index in [9.17, 15) is 19.5 Å². The number of carbonyl (C=O) groups excluding carboxylic acids is 3. The fraction of sp³-hybridized carbons (Fsp3) is 0.667. The molecule has 1 aromatic carbocycles. The number of nitrogens with zero attached hydrogens (tertiary/aromatic N) is 2. The Morgan fingerprint density at radius 1 is 1.12 bits per heavy atom. The van der Waals surface area contributed by atoms with Crippen LogP contribution in [0.15, 0.2) is 30.3 Å². The molecule has 3 amide bonds. The zero-order chi connectivity index (χ0) is 24.9. The Morgan fingerprint density at radius 3 is 2.44 bits per heavy atom.